The van der Waals surface area contributed by atoms with Gasteiger partial charge in [-0.2, -0.15) is 0 Å². The van der Waals surface area contributed by atoms with Gasteiger partial charge in [0.2, 0.25) is 0 Å². The number of hydrogen-bond acceptors (Lipinski definition) is 2. The van der Waals surface area contributed by atoms with E-state index < -0.39 is 0 Å². The van der Waals surface area contributed by atoms with Crippen LogP contribution in [-0.2, 0) is 6.54 Å². The van der Waals surface area contributed by atoms with Crippen LogP contribution in [0.1, 0.15) is 11.1 Å². The zero-order chi connectivity index (χ0) is 13.4. The van der Waals surface area contributed by atoms with Crippen molar-refractivity contribution in [2.24, 2.45) is 5.73 Å². The third kappa shape index (κ3) is 2.29. The molecular weight excluding hydrogens is 302 g/mol. The Kier molecular flexibility index (Phi) is 3.12. The average Bonchev–Trinajstić information content (AvgIpc) is 2.84. The molecule has 0 atom stereocenters. The molecule has 2 aromatic carbocycles. The highest BCUT2D eigenvalue weighted by molar-refractivity contribution is 9.10. The standard InChI is InChI=1S/C15H14BrN3/c1-9-6-11(3-4-12(9)16)15-18-13-5-2-10(8-17)7-14(13)19-15/h2-7H,8,17H2,1H3,(H,18,19). The number of fused-ring (bicyclic) bond motifs is 1. The molecule has 3 aromatic rings. The van der Waals surface area contributed by atoms with Gasteiger partial charge in [-0.1, -0.05) is 28.1 Å². The molecule has 0 fully saturated rings. The van der Waals surface area contributed by atoms with Gasteiger partial charge in [-0.25, -0.2) is 4.98 Å². The van der Waals surface area contributed by atoms with E-state index in [-0.39, 0.29) is 0 Å². The largest absolute Gasteiger partial charge is 0.338 e. The first-order valence-corrected chi connectivity index (χ1v) is 6.92. The number of halogens is 1. The summed E-state index contributed by atoms with van der Waals surface area (Å²) in [7, 11) is 0. The highest BCUT2D eigenvalue weighted by atomic mass is 79.9. The number of hydrogen-bond donors (Lipinski definition) is 2. The highest BCUT2D eigenvalue weighted by Gasteiger charge is 2.07. The van der Waals surface area contributed by atoms with Crippen LogP contribution >= 0.6 is 15.9 Å². The Labute approximate surface area is 120 Å². The van der Waals surface area contributed by atoms with E-state index in [2.05, 4.69) is 51.0 Å². The number of aryl methyl sites for hydroxylation is 1. The maximum absolute atomic E-state index is 5.66. The second kappa shape index (κ2) is 4.79. The van der Waals surface area contributed by atoms with Gasteiger partial charge in [0.1, 0.15) is 5.82 Å². The summed E-state index contributed by atoms with van der Waals surface area (Å²) in [6.45, 7) is 2.62. The monoisotopic (exact) mass is 315 g/mol. The maximum atomic E-state index is 5.66. The summed E-state index contributed by atoms with van der Waals surface area (Å²) in [6, 6.07) is 12.3. The highest BCUT2D eigenvalue weighted by Crippen LogP contribution is 2.25. The molecule has 1 heterocycles. The van der Waals surface area contributed by atoms with Crippen LogP contribution < -0.4 is 5.73 Å². The number of imidazole rings is 1. The van der Waals surface area contributed by atoms with Crippen LogP contribution in [-0.4, -0.2) is 9.97 Å². The maximum Gasteiger partial charge on any atom is 0.138 e. The van der Waals surface area contributed by atoms with E-state index in [1.54, 1.807) is 0 Å². The van der Waals surface area contributed by atoms with Gasteiger partial charge in [-0.15, -0.1) is 0 Å². The lowest BCUT2D eigenvalue weighted by Crippen LogP contribution is -1.95. The van der Waals surface area contributed by atoms with E-state index in [9.17, 15) is 0 Å². The van der Waals surface area contributed by atoms with Crippen LogP contribution in [0.2, 0.25) is 0 Å². The zero-order valence-corrected chi connectivity index (χ0v) is 12.2. The lowest BCUT2D eigenvalue weighted by Gasteiger charge is -2.00. The van der Waals surface area contributed by atoms with E-state index in [0.717, 1.165) is 32.5 Å². The molecule has 0 radical (unpaired) electrons. The lowest BCUT2D eigenvalue weighted by atomic mass is 10.1. The van der Waals surface area contributed by atoms with E-state index in [4.69, 9.17) is 5.73 Å². The average molecular weight is 316 g/mol. The minimum Gasteiger partial charge on any atom is -0.338 e. The van der Waals surface area contributed by atoms with Crippen molar-refractivity contribution in [2.75, 3.05) is 0 Å². The van der Waals surface area contributed by atoms with Crippen molar-refractivity contribution in [3.8, 4) is 11.4 Å². The summed E-state index contributed by atoms with van der Waals surface area (Å²) in [5, 5.41) is 0. The number of benzene rings is 2. The Morgan fingerprint density at radius 1 is 1.21 bits per heavy atom. The Morgan fingerprint density at radius 2 is 2.05 bits per heavy atom. The second-order valence-electron chi connectivity index (χ2n) is 4.60. The quantitative estimate of drug-likeness (QED) is 0.756. The minimum atomic E-state index is 0.543. The van der Waals surface area contributed by atoms with E-state index >= 15 is 0 Å². The van der Waals surface area contributed by atoms with Gasteiger partial charge in [-0.3, -0.25) is 0 Å². The molecule has 0 spiro atoms. The summed E-state index contributed by atoms with van der Waals surface area (Å²) >= 11 is 3.51. The van der Waals surface area contributed by atoms with Crippen LogP contribution in [0.4, 0.5) is 0 Å². The number of H-pyrrole nitrogens is 1. The van der Waals surface area contributed by atoms with Gasteiger partial charge in [0.25, 0.3) is 0 Å². The Hall–Kier alpha value is -1.65. The van der Waals surface area contributed by atoms with E-state index in [1.807, 2.05) is 18.2 Å². The Balaban J connectivity index is 2.11. The molecule has 0 aliphatic rings. The van der Waals surface area contributed by atoms with Crippen LogP contribution in [0.3, 0.4) is 0 Å². The summed E-state index contributed by atoms with van der Waals surface area (Å²) in [5.74, 6) is 0.889. The topological polar surface area (TPSA) is 54.7 Å². The van der Waals surface area contributed by atoms with Crippen LogP contribution in [0, 0.1) is 6.92 Å². The van der Waals surface area contributed by atoms with Crippen molar-refractivity contribution in [3.63, 3.8) is 0 Å². The molecule has 3 rings (SSSR count). The number of nitrogens with zero attached hydrogens (tertiary/aromatic N) is 1. The number of rotatable bonds is 2. The van der Waals surface area contributed by atoms with Gasteiger partial charge in [0.15, 0.2) is 0 Å². The first-order chi connectivity index (χ1) is 9.17. The van der Waals surface area contributed by atoms with Crippen molar-refractivity contribution in [1.29, 1.82) is 0 Å². The SMILES string of the molecule is Cc1cc(-c2nc3ccc(CN)cc3[nH]2)ccc1Br. The van der Waals surface area contributed by atoms with E-state index in [0.29, 0.717) is 6.54 Å². The summed E-state index contributed by atoms with van der Waals surface area (Å²) in [6.07, 6.45) is 0. The fourth-order valence-corrected chi connectivity index (χ4v) is 2.36. The molecule has 0 unspecified atom stereocenters. The van der Waals surface area contributed by atoms with Crippen molar-refractivity contribution in [3.05, 3.63) is 52.0 Å². The molecule has 1 aromatic heterocycles. The normalized spacial score (nSPS) is 11.1. The summed E-state index contributed by atoms with van der Waals surface area (Å²) < 4.78 is 1.11. The van der Waals surface area contributed by atoms with E-state index in [1.165, 1.54) is 5.56 Å². The van der Waals surface area contributed by atoms with Gasteiger partial charge in [-0.05, 0) is 42.3 Å². The molecule has 0 aliphatic heterocycles. The first-order valence-electron chi connectivity index (χ1n) is 6.12. The molecule has 4 heteroatoms. The van der Waals surface area contributed by atoms with Crippen molar-refractivity contribution >= 4 is 27.0 Å². The molecule has 3 nitrogen and oxygen atoms in total. The predicted octanol–water partition coefficient (Wildman–Crippen LogP) is 3.76. The zero-order valence-electron chi connectivity index (χ0n) is 10.6. The molecule has 19 heavy (non-hydrogen) atoms. The third-order valence-electron chi connectivity index (χ3n) is 3.21. The number of nitrogens with two attached hydrogens (primary N) is 1. The van der Waals surface area contributed by atoms with Crippen molar-refractivity contribution in [1.82, 2.24) is 9.97 Å². The lowest BCUT2D eigenvalue weighted by molar-refractivity contribution is 1.07. The van der Waals surface area contributed by atoms with Crippen LogP contribution in [0.5, 0.6) is 0 Å². The molecule has 96 valence electrons. The van der Waals surface area contributed by atoms with Crippen molar-refractivity contribution in [2.45, 2.75) is 13.5 Å². The summed E-state index contributed by atoms with van der Waals surface area (Å²) in [4.78, 5) is 7.97. The molecule has 0 saturated heterocycles. The summed E-state index contributed by atoms with van der Waals surface area (Å²) in [5.41, 5.74) is 11.0. The molecule has 0 aliphatic carbocycles. The number of aromatic amines is 1. The Morgan fingerprint density at radius 3 is 2.79 bits per heavy atom. The number of nitrogens with one attached hydrogen (secondary N) is 1. The molecule has 0 amide bonds. The second-order valence-corrected chi connectivity index (χ2v) is 5.46. The van der Waals surface area contributed by atoms with Crippen LogP contribution in [0.15, 0.2) is 40.9 Å². The first kappa shape index (κ1) is 12.4. The van der Waals surface area contributed by atoms with Crippen molar-refractivity contribution < 1.29 is 0 Å². The molecule has 0 bridgehead atoms. The molecule has 3 N–H and O–H groups in total. The molecule has 0 saturated carbocycles. The van der Waals surface area contributed by atoms with Gasteiger partial charge < -0.3 is 10.7 Å². The minimum absolute atomic E-state index is 0.543. The van der Waals surface area contributed by atoms with Gasteiger partial charge in [0.05, 0.1) is 11.0 Å². The molecular formula is C15H14BrN3. The van der Waals surface area contributed by atoms with Gasteiger partial charge >= 0.3 is 0 Å². The smallest absolute Gasteiger partial charge is 0.138 e. The fourth-order valence-electron chi connectivity index (χ4n) is 2.11. The number of aromatic nitrogens is 2. The third-order valence-corrected chi connectivity index (χ3v) is 4.10. The van der Waals surface area contributed by atoms with Crippen LogP contribution in [0.25, 0.3) is 22.4 Å². The van der Waals surface area contributed by atoms with Gasteiger partial charge in [0, 0.05) is 16.6 Å². The fraction of sp³-hybridized carbons (Fsp3) is 0.133. The predicted molar refractivity (Wildman–Crippen MR) is 81.9 cm³/mol. The Bertz CT molecular complexity index is 746.